The second-order valence-electron chi connectivity index (χ2n) is 5.76. The highest BCUT2D eigenvalue weighted by atomic mass is 35.5. The van der Waals surface area contributed by atoms with Gasteiger partial charge in [-0.15, -0.1) is 21.5 Å². The van der Waals surface area contributed by atoms with Gasteiger partial charge < -0.3 is 9.84 Å². The van der Waals surface area contributed by atoms with Crippen molar-refractivity contribution in [3.05, 3.63) is 53.6 Å². The third kappa shape index (κ3) is 3.46. The van der Waals surface area contributed by atoms with E-state index in [1.807, 2.05) is 53.1 Å². The maximum Gasteiger partial charge on any atom is 0.313 e. The SMILES string of the molecule is COc1ccc(-n2c(SCC(=O)O)nnc2-c2sc3ccccc3c2Cl)cc1. The summed E-state index contributed by atoms with van der Waals surface area (Å²) in [6, 6.07) is 15.3. The number of thioether (sulfide) groups is 1. The molecule has 0 unspecified atom stereocenters. The first-order valence-electron chi connectivity index (χ1n) is 8.20. The molecule has 9 heteroatoms. The van der Waals surface area contributed by atoms with E-state index in [0.29, 0.717) is 16.0 Å². The summed E-state index contributed by atoms with van der Waals surface area (Å²) < 4.78 is 8.10. The van der Waals surface area contributed by atoms with Crippen molar-refractivity contribution in [2.24, 2.45) is 0 Å². The van der Waals surface area contributed by atoms with Gasteiger partial charge in [-0.2, -0.15) is 0 Å². The summed E-state index contributed by atoms with van der Waals surface area (Å²) in [5, 5.41) is 19.7. The lowest BCUT2D eigenvalue weighted by Gasteiger charge is -2.10. The first-order chi connectivity index (χ1) is 13.6. The average Bonchev–Trinajstić information content (AvgIpc) is 3.27. The molecule has 28 heavy (non-hydrogen) atoms. The molecule has 4 rings (SSSR count). The van der Waals surface area contributed by atoms with Crippen LogP contribution in [0.4, 0.5) is 0 Å². The minimum atomic E-state index is -0.921. The Bertz CT molecular complexity index is 1160. The largest absolute Gasteiger partial charge is 0.497 e. The molecule has 1 N–H and O–H groups in total. The molecule has 0 fully saturated rings. The molecule has 0 saturated carbocycles. The first-order valence-corrected chi connectivity index (χ1v) is 10.4. The lowest BCUT2D eigenvalue weighted by Crippen LogP contribution is -2.03. The van der Waals surface area contributed by atoms with Crippen molar-refractivity contribution in [2.45, 2.75) is 5.16 Å². The lowest BCUT2D eigenvalue weighted by atomic mass is 10.2. The van der Waals surface area contributed by atoms with E-state index < -0.39 is 5.97 Å². The highest BCUT2D eigenvalue weighted by molar-refractivity contribution is 7.99. The number of hydrogen-bond acceptors (Lipinski definition) is 6. The van der Waals surface area contributed by atoms with Gasteiger partial charge in [-0.05, 0) is 30.3 Å². The summed E-state index contributed by atoms with van der Waals surface area (Å²) in [7, 11) is 1.60. The number of aromatic nitrogens is 3. The van der Waals surface area contributed by atoms with E-state index in [0.717, 1.165) is 38.2 Å². The smallest absolute Gasteiger partial charge is 0.313 e. The van der Waals surface area contributed by atoms with Gasteiger partial charge in [-0.1, -0.05) is 41.6 Å². The van der Waals surface area contributed by atoms with E-state index >= 15 is 0 Å². The third-order valence-electron chi connectivity index (χ3n) is 4.03. The fourth-order valence-corrected chi connectivity index (χ4v) is 4.92. The molecule has 4 aromatic rings. The quantitative estimate of drug-likeness (QED) is 0.433. The number of halogens is 1. The van der Waals surface area contributed by atoms with E-state index in [9.17, 15) is 4.79 Å². The van der Waals surface area contributed by atoms with E-state index in [1.54, 1.807) is 7.11 Å². The fraction of sp³-hybridized carbons (Fsp3) is 0.105. The summed E-state index contributed by atoms with van der Waals surface area (Å²) in [4.78, 5) is 11.8. The Morgan fingerprint density at radius 2 is 1.96 bits per heavy atom. The van der Waals surface area contributed by atoms with Gasteiger partial charge in [0.2, 0.25) is 0 Å². The molecule has 142 valence electrons. The van der Waals surface area contributed by atoms with Crippen LogP contribution < -0.4 is 4.74 Å². The summed E-state index contributed by atoms with van der Waals surface area (Å²) in [6.45, 7) is 0. The van der Waals surface area contributed by atoms with Crippen LogP contribution in [0.1, 0.15) is 0 Å². The molecule has 0 aliphatic carbocycles. The molecule has 0 amide bonds. The monoisotopic (exact) mass is 431 g/mol. The standard InChI is InChI=1S/C19H14ClN3O3S2/c1-26-12-8-6-11(7-9-12)23-18(21-22-19(23)27-10-15(24)25)17-16(20)13-4-2-3-5-14(13)28-17/h2-9H,10H2,1H3,(H,24,25). The number of aliphatic carboxylic acids is 1. The van der Waals surface area contributed by atoms with Crippen LogP contribution in [0.25, 0.3) is 26.5 Å². The van der Waals surface area contributed by atoms with Crippen LogP contribution in [0, 0.1) is 0 Å². The Morgan fingerprint density at radius 3 is 2.64 bits per heavy atom. The number of fused-ring (bicyclic) bond motifs is 1. The number of nitrogens with zero attached hydrogens (tertiary/aromatic N) is 3. The van der Waals surface area contributed by atoms with Crippen molar-refractivity contribution in [3.8, 4) is 22.1 Å². The van der Waals surface area contributed by atoms with Crippen molar-refractivity contribution in [2.75, 3.05) is 12.9 Å². The van der Waals surface area contributed by atoms with Crippen LogP contribution in [-0.4, -0.2) is 38.7 Å². The van der Waals surface area contributed by atoms with Gasteiger partial charge in [-0.25, -0.2) is 0 Å². The molecular weight excluding hydrogens is 418 g/mol. The van der Waals surface area contributed by atoms with Crippen LogP contribution in [0.3, 0.4) is 0 Å². The third-order valence-corrected chi connectivity index (χ3v) is 6.61. The second kappa shape index (κ2) is 7.83. The minimum Gasteiger partial charge on any atom is -0.497 e. The Labute approximate surface area is 173 Å². The number of rotatable bonds is 6. The molecule has 6 nitrogen and oxygen atoms in total. The zero-order chi connectivity index (χ0) is 19.7. The Balaban J connectivity index is 1.88. The summed E-state index contributed by atoms with van der Waals surface area (Å²) in [5.41, 5.74) is 0.794. The first kappa shape index (κ1) is 18.8. The van der Waals surface area contributed by atoms with E-state index in [2.05, 4.69) is 10.2 Å². The molecule has 0 bridgehead atoms. The minimum absolute atomic E-state index is 0.117. The Hall–Kier alpha value is -2.55. The predicted molar refractivity (Wildman–Crippen MR) is 112 cm³/mol. The van der Waals surface area contributed by atoms with Crippen molar-refractivity contribution in [3.63, 3.8) is 0 Å². The van der Waals surface area contributed by atoms with Crippen LogP contribution >= 0.6 is 34.7 Å². The number of thiophene rings is 1. The maximum atomic E-state index is 11.0. The van der Waals surface area contributed by atoms with Gasteiger partial charge >= 0.3 is 5.97 Å². The van der Waals surface area contributed by atoms with Crippen molar-refractivity contribution in [1.29, 1.82) is 0 Å². The highest BCUT2D eigenvalue weighted by Gasteiger charge is 2.22. The summed E-state index contributed by atoms with van der Waals surface area (Å²) in [5.74, 6) is 0.257. The van der Waals surface area contributed by atoms with Crippen molar-refractivity contribution >= 4 is 50.8 Å². The number of carboxylic acid groups (broad SMARTS) is 1. The molecular formula is C19H14ClN3O3S2. The second-order valence-corrected chi connectivity index (χ2v) is 8.14. The topological polar surface area (TPSA) is 77.2 Å². The number of carboxylic acids is 1. The van der Waals surface area contributed by atoms with Crippen molar-refractivity contribution in [1.82, 2.24) is 14.8 Å². The van der Waals surface area contributed by atoms with Gasteiger partial charge in [0.25, 0.3) is 0 Å². The van der Waals surface area contributed by atoms with E-state index in [-0.39, 0.29) is 5.75 Å². The molecule has 0 saturated heterocycles. The summed E-state index contributed by atoms with van der Waals surface area (Å²) in [6.07, 6.45) is 0. The molecule has 0 spiro atoms. The normalized spacial score (nSPS) is 11.1. The number of ether oxygens (including phenoxy) is 1. The Kier molecular flexibility index (Phi) is 5.25. The Morgan fingerprint density at radius 1 is 1.21 bits per heavy atom. The van der Waals surface area contributed by atoms with Crippen LogP contribution in [0.15, 0.2) is 53.7 Å². The summed E-state index contributed by atoms with van der Waals surface area (Å²) >= 11 is 9.28. The molecule has 0 aliphatic heterocycles. The zero-order valence-corrected chi connectivity index (χ0v) is 17.0. The van der Waals surface area contributed by atoms with Gasteiger partial charge in [-0.3, -0.25) is 9.36 Å². The highest BCUT2D eigenvalue weighted by Crippen LogP contribution is 2.42. The van der Waals surface area contributed by atoms with Gasteiger partial charge in [0.1, 0.15) is 5.75 Å². The lowest BCUT2D eigenvalue weighted by molar-refractivity contribution is -0.133. The zero-order valence-electron chi connectivity index (χ0n) is 14.6. The average molecular weight is 432 g/mol. The maximum absolute atomic E-state index is 11.0. The molecule has 0 radical (unpaired) electrons. The van der Waals surface area contributed by atoms with Crippen LogP contribution in [0.2, 0.25) is 5.02 Å². The van der Waals surface area contributed by atoms with Gasteiger partial charge in [0, 0.05) is 10.1 Å². The number of hydrogen-bond donors (Lipinski definition) is 1. The molecule has 2 aromatic carbocycles. The van der Waals surface area contributed by atoms with Crippen LogP contribution in [-0.2, 0) is 4.79 Å². The number of carbonyl (C=O) groups is 1. The number of benzene rings is 2. The van der Waals surface area contributed by atoms with E-state index in [1.165, 1.54) is 11.3 Å². The van der Waals surface area contributed by atoms with E-state index in [4.69, 9.17) is 21.4 Å². The van der Waals surface area contributed by atoms with Gasteiger partial charge in [0.05, 0.1) is 28.4 Å². The fourth-order valence-electron chi connectivity index (χ4n) is 2.76. The molecule has 2 aromatic heterocycles. The molecule has 2 heterocycles. The number of methoxy groups -OCH3 is 1. The predicted octanol–water partition coefficient (Wildman–Crippen LogP) is 4.99. The van der Waals surface area contributed by atoms with Crippen molar-refractivity contribution < 1.29 is 14.6 Å². The molecule has 0 atom stereocenters. The van der Waals surface area contributed by atoms with Gasteiger partial charge in [0.15, 0.2) is 11.0 Å². The molecule has 0 aliphatic rings. The van der Waals surface area contributed by atoms with Crippen LogP contribution in [0.5, 0.6) is 5.75 Å².